The molecule has 0 spiro atoms. The van der Waals surface area contributed by atoms with Crippen molar-refractivity contribution >= 4 is 22.0 Å². The van der Waals surface area contributed by atoms with E-state index in [1.807, 2.05) is 77.3 Å². The van der Waals surface area contributed by atoms with E-state index in [1.54, 1.807) is 0 Å². The largest absolute Gasteiger partial charge is 0.461 e. The molecule has 0 aliphatic rings. The maximum Gasteiger partial charge on any atom is 0.137 e. The van der Waals surface area contributed by atoms with Crippen molar-refractivity contribution in [3.05, 3.63) is 65.7 Å². The van der Waals surface area contributed by atoms with Gasteiger partial charge in [-0.15, -0.1) is 0 Å². The number of aryl methyl sites for hydroxylation is 3. The van der Waals surface area contributed by atoms with Crippen molar-refractivity contribution in [2.24, 2.45) is 0 Å². The number of furan rings is 1. The molecule has 3 nitrogen and oxygen atoms in total. The van der Waals surface area contributed by atoms with Crippen molar-refractivity contribution in [3.8, 4) is 0 Å². The lowest BCUT2D eigenvalue weighted by molar-refractivity contribution is 0.575. The summed E-state index contributed by atoms with van der Waals surface area (Å²) in [6.45, 7) is 14.2. The second-order valence-corrected chi connectivity index (χ2v) is 5.15. The Morgan fingerprint density at radius 2 is 1.52 bits per heavy atom. The maximum absolute atomic E-state index is 5.50. The number of pyridine rings is 1. The maximum atomic E-state index is 5.50. The summed E-state index contributed by atoms with van der Waals surface area (Å²) in [7, 11) is 0. The average Bonchev–Trinajstić information content (AvgIpc) is 3.26. The smallest absolute Gasteiger partial charge is 0.137 e. The van der Waals surface area contributed by atoms with E-state index in [4.69, 9.17) is 4.42 Å². The fourth-order valence-electron chi connectivity index (χ4n) is 2.40. The summed E-state index contributed by atoms with van der Waals surface area (Å²) >= 11 is 0. The monoisotopic (exact) mass is 338 g/mol. The number of aromatic amines is 1. The van der Waals surface area contributed by atoms with E-state index < -0.39 is 0 Å². The second kappa shape index (κ2) is 10.3. The number of aromatic nitrogens is 2. The average molecular weight is 338 g/mol. The van der Waals surface area contributed by atoms with Crippen molar-refractivity contribution in [2.75, 3.05) is 0 Å². The van der Waals surface area contributed by atoms with Gasteiger partial charge in [0.1, 0.15) is 17.0 Å². The summed E-state index contributed by atoms with van der Waals surface area (Å²) < 4.78 is 5.50. The van der Waals surface area contributed by atoms with Crippen LogP contribution in [-0.2, 0) is 0 Å². The van der Waals surface area contributed by atoms with Gasteiger partial charge in [0.05, 0.1) is 0 Å². The SMILES string of the molecule is CC.CC.Cc1ccnc2[nH]ccc12.Cc1oc2ccccc2c1C. The van der Waals surface area contributed by atoms with Crippen LogP contribution in [0.15, 0.2) is 53.2 Å². The number of nitrogens with one attached hydrogen (secondary N) is 1. The number of nitrogens with zero attached hydrogens (tertiary/aromatic N) is 1. The molecule has 134 valence electrons. The Labute approximate surface area is 151 Å². The molecule has 4 aromatic rings. The van der Waals surface area contributed by atoms with Crippen LogP contribution in [0.1, 0.15) is 44.6 Å². The zero-order valence-corrected chi connectivity index (χ0v) is 16.5. The van der Waals surface area contributed by atoms with Gasteiger partial charge in [0.2, 0.25) is 0 Å². The fraction of sp³-hybridized carbons (Fsp3) is 0.318. The first-order valence-electron chi connectivity index (χ1n) is 9.00. The van der Waals surface area contributed by atoms with E-state index in [0.717, 1.165) is 17.0 Å². The summed E-state index contributed by atoms with van der Waals surface area (Å²) in [6.07, 6.45) is 3.72. The first-order chi connectivity index (χ1) is 12.2. The van der Waals surface area contributed by atoms with Crippen LogP contribution < -0.4 is 0 Å². The van der Waals surface area contributed by atoms with Gasteiger partial charge >= 0.3 is 0 Å². The van der Waals surface area contributed by atoms with E-state index in [1.165, 1.54) is 21.9 Å². The summed E-state index contributed by atoms with van der Waals surface area (Å²) in [6, 6.07) is 12.2. The van der Waals surface area contributed by atoms with Crippen molar-refractivity contribution < 1.29 is 4.42 Å². The number of benzene rings is 1. The Balaban J connectivity index is 0.000000210. The van der Waals surface area contributed by atoms with E-state index in [2.05, 4.69) is 29.9 Å². The molecule has 3 heteroatoms. The van der Waals surface area contributed by atoms with E-state index in [9.17, 15) is 0 Å². The van der Waals surface area contributed by atoms with E-state index >= 15 is 0 Å². The van der Waals surface area contributed by atoms with Gasteiger partial charge in [-0.05, 0) is 50.1 Å². The van der Waals surface area contributed by atoms with E-state index in [0.29, 0.717) is 0 Å². The molecule has 25 heavy (non-hydrogen) atoms. The molecule has 0 aliphatic carbocycles. The zero-order chi connectivity index (χ0) is 18.8. The van der Waals surface area contributed by atoms with Gasteiger partial charge in [-0.1, -0.05) is 45.9 Å². The van der Waals surface area contributed by atoms with Crippen LogP contribution >= 0.6 is 0 Å². The number of hydrogen-bond acceptors (Lipinski definition) is 2. The predicted molar refractivity (Wildman–Crippen MR) is 109 cm³/mol. The third-order valence-corrected chi connectivity index (χ3v) is 3.76. The molecular formula is C22H30N2O. The normalized spacial score (nSPS) is 9.40. The lowest BCUT2D eigenvalue weighted by Gasteiger charge is -1.91. The predicted octanol–water partition coefficient (Wildman–Crippen LogP) is 6.97. The molecule has 0 amide bonds. The van der Waals surface area contributed by atoms with Gasteiger partial charge in [-0.3, -0.25) is 0 Å². The number of para-hydroxylation sites is 1. The molecule has 0 fully saturated rings. The minimum absolute atomic E-state index is 0.972. The van der Waals surface area contributed by atoms with E-state index in [-0.39, 0.29) is 0 Å². The Kier molecular flexibility index (Phi) is 8.48. The molecule has 3 heterocycles. The molecule has 0 bridgehead atoms. The van der Waals surface area contributed by atoms with Gasteiger partial charge in [-0.25, -0.2) is 4.98 Å². The van der Waals surface area contributed by atoms with Gasteiger partial charge in [0.25, 0.3) is 0 Å². The number of rotatable bonds is 0. The van der Waals surface area contributed by atoms with Crippen molar-refractivity contribution in [1.29, 1.82) is 0 Å². The van der Waals surface area contributed by atoms with Crippen molar-refractivity contribution in [1.82, 2.24) is 9.97 Å². The van der Waals surface area contributed by atoms with Crippen molar-refractivity contribution in [3.63, 3.8) is 0 Å². The molecule has 1 aromatic carbocycles. The quantitative estimate of drug-likeness (QED) is 0.376. The third-order valence-electron chi connectivity index (χ3n) is 3.76. The Bertz CT molecular complexity index is 887. The van der Waals surface area contributed by atoms with Gasteiger partial charge in [0, 0.05) is 23.2 Å². The van der Waals surface area contributed by atoms with Crippen LogP contribution in [0.25, 0.3) is 22.0 Å². The molecule has 0 saturated heterocycles. The zero-order valence-electron chi connectivity index (χ0n) is 16.5. The highest BCUT2D eigenvalue weighted by Crippen LogP contribution is 2.23. The van der Waals surface area contributed by atoms with Gasteiger partial charge < -0.3 is 9.40 Å². The molecule has 4 rings (SSSR count). The summed E-state index contributed by atoms with van der Waals surface area (Å²) in [5.74, 6) is 1.02. The van der Waals surface area contributed by atoms with Crippen LogP contribution in [-0.4, -0.2) is 9.97 Å². The fourth-order valence-corrected chi connectivity index (χ4v) is 2.40. The highest BCUT2D eigenvalue weighted by atomic mass is 16.3. The molecule has 0 saturated carbocycles. The van der Waals surface area contributed by atoms with Crippen LogP contribution in [0.2, 0.25) is 0 Å². The highest BCUT2D eigenvalue weighted by Gasteiger charge is 2.03. The minimum atomic E-state index is 0.972. The summed E-state index contributed by atoms with van der Waals surface area (Å²) in [4.78, 5) is 7.20. The van der Waals surface area contributed by atoms with Crippen LogP contribution in [0.4, 0.5) is 0 Å². The van der Waals surface area contributed by atoms with Gasteiger partial charge in [-0.2, -0.15) is 0 Å². The molecule has 1 N–H and O–H groups in total. The third kappa shape index (κ3) is 4.96. The topological polar surface area (TPSA) is 41.8 Å². The molecule has 3 aromatic heterocycles. The Hall–Kier alpha value is -2.55. The Morgan fingerprint density at radius 1 is 0.840 bits per heavy atom. The molecular weight excluding hydrogens is 308 g/mol. The Morgan fingerprint density at radius 3 is 2.16 bits per heavy atom. The van der Waals surface area contributed by atoms with Gasteiger partial charge in [0.15, 0.2) is 0 Å². The first-order valence-corrected chi connectivity index (χ1v) is 9.00. The van der Waals surface area contributed by atoms with Crippen LogP contribution in [0.5, 0.6) is 0 Å². The standard InChI is InChI=1S/C10H10O.C8H8N2.2C2H6/c1-7-8(2)11-10-6-4-3-5-9(7)10;1-6-2-4-9-8-7(6)3-5-10-8;2*1-2/h3-6H,1-2H3;2-5H,1H3,(H,9,10);2*1-2H3. The first kappa shape index (κ1) is 20.5. The molecule has 0 aliphatic heterocycles. The number of H-pyrrole nitrogens is 1. The summed E-state index contributed by atoms with van der Waals surface area (Å²) in [5.41, 5.74) is 4.48. The van der Waals surface area contributed by atoms with Crippen LogP contribution in [0.3, 0.4) is 0 Å². The molecule has 0 unspecified atom stereocenters. The highest BCUT2D eigenvalue weighted by molar-refractivity contribution is 5.81. The second-order valence-electron chi connectivity index (χ2n) is 5.15. The lowest BCUT2D eigenvalue weighted by atomic mass is 10.2. The minimum Gasteiger partial charge on any atom is -0.461 e. The lowest BCUT2D eigenvalue weighted by Crippen LogP contribution is -1.77. The summed E-state index contributed by atoms with van der Waals surface area (Å²) in [5, 5.41) is 2.44. The number of hydrogen-bond donors (Lipinski definition) is 1. The van der Waals surface area contributed by atoms with Crippen LogP contribution in [0, 0.1) is 20.8 Å². The van der Waals surface area contributed by atoms with Crippen molar-refractivity contribution in [2.45, 2.75) is 48.5 Å². The molecule has 0 radical (unpaired) electrons. The number of fused-ring (bicyclic) bond motifs is 2. The molecule has 0 atom stereocenters.